The number of hydrogen-bond acceptors (Lipinski definition) is 5. The summed E-state index contributed by atoms with van der Waals surface area (Å²) >= 11 is 0. The highest BCUT2D eigenvalue weighted by molar-refractivity contribution is 7.93. The molecule has 1 saturated heterocycles. The number of amides is 1. The number of hydrogen-bond donors (Lipinski definition) is 1. The number of sulfonamides is 1. The maximum Gasteiger partial charge on any atom is 0.387 e. The summed E-state index contributed by atoms with van der Waals surface area (Å²) in [6.07, 6.45) is 4.78. The lowest BCUT2D eigenvalue weighted by molar-refractivity contribution is -0.120. The predicted molar refractivity (Wildman–Crippen MR) is 120 cm³/mol. The third-order valence-electron chi connectivity index (χ3n) is 5.96. The number of carbonyl (C=O) groups excluding carboxylic acids is 1. The zero-order valence-electron chi connectivity index (χ0n) is 18.1. The molecule has 176 valence electrons. The average molecular weight is 478 g/mol. The first kappa shape index (κ1) is 23.3. The highest BCUT2D eigenvalue weighted by atomic mass is 32.2. The Labute approximate surface area is 191 Å². The molecule has 33 heavy (non-hydrogen) atoms. The van der Waals surface area contributed by atoms with Crippen LogP contribution in [-0.2, 0) is 21.2 Å². The van der Waals surface area contributed by atoms with E-state index in [1.165, 1.54) is 16.4 Å². The number of alkyl halides is 2. The van der Waals surface area contributed by atoms with Crippen molar-refractivity contribution in [3.05, 3.63) is 58.1 Å². The van der Waals surface area contributed by atoms with Gasteiger partial charge in [0.05, 0.1) is 4.91 Å². The van der Waals surface area contributed by atoms with Crippen LogP contribution >= 0.6 is 0 Å². The first-order chi connectivity index (χ1) is 15.7. The number of pyridine rings is 1. The molecule has 0 atom stereocenters. The van der Waals surface area contributed by atoms with Crippen LogP contribution in [0.4, 0.5) is 14.6 Å². The molecule has 0 saturated carbocycles. The van der Waals surface area contributed by atoms with E-state index in [2.05, 4.69) is 15.0 Å². The molecule has 1 amide bonds. The highest BCUT2D eigenvalue weighted by Crippen LogP contribution is 2.33. The van der Waals surface area contributed by atoms with E-state index in [4.69, 9.17) is 0 Å². The number of halogens is 2. The van der Waals surface area contributed by atoms with E-state index in [0.717, 1.165) is 11.1 Å². The molecule has 1 aromatic carbocycles. The molecule has 4 rings (SSSR count). The summed E-state index contributed by atoms with van der Waals surface area (Å²) in [5.74, 6) is 0.110. The van der Waals surface area contributed by atoms with Crippen LogP contribution < -0.4 is 10.1 Å². The molecule has 1 aliphatic carbocycles. The summed E-state index contributed by atoms with van der Waals surface area (Å²) in [5, 5.41) is 2.81. The first-order valence-electron chi connectivity index (χ1n) is 10.7. The van der Waals surface area contributed by atoms with Gasteiger partial charge in [0.1, 0.15) is 11.6 Å². The quantitative estimate of drug-likeness (QED) is 0.681. The first-order valence-corrected chi connectivity index (χ1v) is 12.2. The van der Waals surface area contributed by atoms with E-state index in [1.807, 2.05) is 13.0 Å². The van der Waals surface area contributed by atoms with Crippen LogP contribution in [0.1, 0.15) is 36.0 Å². The van der Waals surface area contributed by atoms with Crippen LogP contribution in [0.15, 0.2) is 41.4 Å². The normalized spacial score (nSPS) is 17.4. The van der Waals surface area contributed by atoms with Gasteiger partial charge in [-0.1, -0.05) is 6.07 Å². The van der Waals surface area contributed by atoms with Gasteiger partial charge < -0.3 is 10.1 Å². The Balaban J connectivity index is 1.40. The van der Waals surface area contributed by atoms with Crippen molar-refractivity contribution in [2.24, 2.45) is 5.92 Å². The molecule has 1 aromatic heterocycles. The van der Waals surface area contributed by atoms with Crippen LogP contribution in [0.3, 0.4) is 0 Å². The molecule has 2 aromatic rings. The molecule has 2 heterocycles. The number of anilines is 1. The number of aromatic nitrogens is 1. The van der Waals surface area contributed by atoms with Crippen LogP contribution in [0.25, 0.3) is 6.08 Å². The molecule has 10 heteroatoms. The van der Waals surface area contributed by atoms with Crippen LogP contribution in [0, 0.1) is 12.8 Å². The lowest BCUT2D eigenvalue weighted by atomic mass is 9.97. The third-order valence-corrected chi connectivity index (χ3v) is 7.99. The van der Waals surface area contributed by atoms with Crippen molar-refractivity contribution < 1.29 is 26.7 Å². The molecule has 0 unspecified atom stereocenters. The van der Waals surface area contributed by atoms with E-state index in [1.54, 1.807) is 24.4 Å². The molecule has 0 radical (unpaired) electrons. The fourth-order valence-electron chi connectivity index (χ4n) is 4.18. The number of rotatable bonds is 6. The van der Waals surface area contributed by atoms with E-state index < -0.39 is 16.6 Å². The largest absolute Gasteiger partial charge is 0.435 e. The van der Waals surface area contributed by atoms with Gasteiger partial charge in [-0.3, -0.25) is 4.79 Å². The summed E-state index contributed by atoms with van der Waals surface area (Å²) < 4.78 is 57.1. The molecule has 0 bridgehead atoms. The maximum absolute atomic E-state index is 13.2. The van der Waals surface area contributed by atoms with Crippen molar-refractivity contribution in [2.45, 2.75) is 39.2 Å². The number of nitrogens with zero attached hydrogens (tertiary/aromatic N) is 2. The monoisotopic (exact) mass is 477 g/mol. The fraction of sp³-hybridized carbons (Fsp3) is 0.391. The Morgan fingerprint density at radius 1 is 1.18 bits per heavy atom. The minimum absolute atomic E-state index is 0.0599. The van der Waals surface area contributed by atoms with Gasteiger partial charge >= 0.3 is 6.61 Å². The number of nitrogens with one attached hydrogen (secondary N) is 1. The molecule has 1 N–H and O–H groups in total. The molecule has 1 aliphatic heterocycles. The molecular formula is C23H25F2N3O4S. The van der Waals surface area contributed by atoms with Crippen molar-refractivity contribution in [1.29, 1.82) is 0 Å². The summed E-state index contributed by atoms with van der Waals surface area (Å²) in [6, 6.07) is 8.15. The topological polar surface area (TPSA) is 88.6 Å². The van der Waals surface area contributed by atoms with Gasteiger partial charge in [0.15, 0.2) is 0 Å². The summed E-state index contributed by atoms with van der Waals surface area (Å²) in [6.45, 7) is -0.480. The van der Waals surface area contributed by atoms with Crippen molar-refractivity contribution in [1.82, 2.24) is 9.29 Å². The van der Waals surface area contributed by atoms with Gasteiger partial charge in [-0.15, -0.1) is 0 Å². The Morgan fingerprint density at radius 2 is 1.94 bits per heavy atom. The van der Waals surface area contributed by atoms with Gasteiger partial charge in [0.25, 0.3) is 0 Å². The SMILES string of the molecule is Cc1ccnc(NC(=O)C2CCN(S(=O)(=O)C3=Cc4ccc(OC(F)F)cc4CC3)CC2)c1. The lowest BCUT2D eigenvalue weighted by Gasteiger charge is -2.32. The zero-order chi connectivity index (χ0) is 23.6. The second-order valence-corrected chi connectivity index (χ2v) is 10.2. The Hall–Kier alpha value is -2.85. The van der Waals surface area contributed by atoms with Crippen molar-refractivity contribution in [3.63, 3.8) is 0 Å². The second-order valence-electron chi connectivity index (χ2n) is 8.24. The number of allylic oxidation sites excluding steroid dienone is 1. The van der Waals surface area contributed by atoms with Crippen molar-refractivity contribution in [3.8, 4) is 5.75 Å². The van der Waals surface area contributed by atoms with Gasteiger partial charge in [-0.05, 0) is 79.6 Å². The number of fused-ring (bicyclic) bond motifs is 1. The van der Waals surface area contributed by atoms with E-state index >= 15 is 0 Å². The average Bonchev–Trinajstić information content (AvgIpc) is 2.78. The molecule has 0 spiro atoms. The molecule has 7 nitrogen and oxygen atoms in total. The Bertz CT molecular complexity index is 1180. The number of aryl methyl sites for hydroxylation is 2. The van der Waals surface area contributed by atoms with E-state index in [9.17, 15) is 22.0 Å². The van der Waals surface area contributed by atoms with Crippen LogP contribution in [0.5, 0.6) is 5.75 Å². The highest BCUT2D eigenvalue weighted by Gasteiger charge is 2.34. The Kier molecular flexibility index (Phi) is 6.76. The van der Waals surface area contributed by atoms with Crippen molar-refractivity contribution in [2.75, 3.05) is 18.4 Å². The number of benzene rings is 1. The Morgan fingerprint density at radius 3 is 2.64 bits per heavy atom. The van der Waals surface area contributed by atoms with E-state index in [-0.39, 0.29) is 37.1 Å². The smallest absolute Gasteiger partial charge is 0.387 e. The number of carbonyl (C=O) groups is 1. The number of piperidine rings is 1. The predicted octanol–water partition coefficient (Wildman–Crippen LogP) is 3.96. The zero-order valence-corrected chi connectivity index (χ0v) is 18.9. The third kappa shape index (κ3) is 5.39. The van der Waals surface area contributed by atoms with Gasteiger partial charge in [-0.25, -0.2) is 13.4 Å². The lowest BCUT2D eigenvalue weighted by Crippen LogP contribution is -2.42. The van der Waals surface area contributed by atoms with Crippen LogP contribution in [-0.4, -0.2) is 43.3 Å². The minimum Gasteiger partial charge on any atom is -0.435 e. The fourth-order valence-corrected chi connectivity index (χ4v) is 5.84. The van der Waals surface area contributed by atoms with Gasteiger partial charge in [0, 0.05) is 25.2 Å². The summed E-state index contributed by atoms with van der Waals surface area (Å²) in [4.78, 5) is 17.0. The van der Waals surface area contributed by atoms with Gasteiger partial charge in [-0.2, -0.15) is 13.1 Å². The van der Waals surface area contributed by atoms with Crippen LogP contribution in [0.2, 0.25) is 0 Å². The number of ether oxygens (including phenoxy) is 1. The summed E-state index contributed by atoms with van der Waals surface area (Å²) in [7, 11) is -3.67. The standard InChI is InChI=1S/C23H25F2N3O4S/c1-15-6-9-26-21(12-15)27-22(29)16-7-10-28(11-8-16)33(30,31)20-5-3-17-13-19(32-23(24)25)4-2-18(17)14-20/h2,4,6,9,12-14,16,23H,3,5,7-8,10-11H2,1H3,(H,26,27,29). The second kappa shape index (κ2) is 9.56. The molecule has 1 fully saturated rings. The van der Waals surface area contributed by atoms with Crippen molar-refractivity contribution >= 4 is 27.8 Å². The summed E-state index contributed by atoms with van der Waals surface area (Å²) in [5.41, 5.74) is 2.44. The molecule has 2 aliphatic rings. The maximum atomic E-state index is 13.2. The van der Waals surface area contributed by atoms with E-state index in [0.29, 0.717) is 35.5 Å². The minimum atomic E-state index is -3.67. The molecular weight excluding hydrogens is 452 g/mol. The van der Waals surface area contributed by atoms with Gasteiger partial charge in [0.2, 0.25) is 15.9 Å².